The average molecular weight is 361 g/mol. The van der Waals surface area contributed by atoms with Gasteiger partial charge in [-0.15, -0.1) is 5.10 Å². The lowest BCUT2D eigenvalue weighted by molar-refractivity contribution is 0.0663. The summed E-state index contributed by atoms with van der Waals surface area (Å²) in [4.78, 5) is 28.1. The zero-order valence-corrected chi connectivity index (χ0v) is 14.6. The van der Waals surface area contributed by atoms with Crippen molar-refractivity contribution in [2.45, 2.75) is 13.0 Å². The van der Waals surface area contributed by atoms with Crippen LogP contribution >= 0.6 is 0 Å². The molecule has 1 saturated heterocycles. The van der Waals surface area contributed by atoms with Crippen LogP contribution in [0.2, 0.25) is 0 Å². The monoisotopic (exact) mass is 361 g/mol. The quantitative estimate of drug-likeness (QED) is 0.863. The third-order valence-corrected chi connectivity index (χ3v) is 4.31. The van der Waals surface area contributed by atoms with Crippen molar-refractivity contribution in [1.82, 2.24) is 35.3 Å². The molecule has 1 atom stereocenters. The van der Waals surface area contributed by atoms with Crippen LogP contribution in [0.1, 0.15) is 29.1 Å². The Morgan fingerprint density at radius 3 is 2.50 bits per heavy atom. The Balaban J connectivity index is 1.54. The highest BCUT2D eigenvalue weighted by atomic mass is 19.1. The number of nitrogens with zero attached hydrogens (tertiary/aromatic N) is 6. The molecule has 3 rings (SSSR count). The van der Waals surface area contributed by atoms with Crippen molar-refractivity contribution >= 4 is 11.9 Å². The first-order valence-electron chi connectivity index (χ1n) is 8.28. The second-order valence-electron chi connectivity index (χ2n) is 6.12. The zero-order valence-electron chi connectivity index (χ0n) is 14.6. The average Bonchev–Trinajstić information content (AvgIpc) is 3.07. The molecule has 0 radical (unpaired) electrons. The van der Waals surface area contributed by atoms with Crippen LogP contribution in [0.4, 0.5) is 9.18 Å². The highest BCUT2D eigenvalue weighted by Gasteiger charge is 2.26. The number of benzene rings is 1. The Kier molecular flexibility index (Phi) is 5.10. The van der Waals surface area contributed by atoms with E-state index >= 15 is 0 Å². The number of amides is 3. The van der Waals surface area contributed by atoms with Crippen LogP contribution in [0, 0.1) is 5.82 Å². The summed E-state index contributed by atoms with van der Waals surface area (Å²) in [5.41, 5.74) is 0.311. The van der Waals surface area contributed by atoms with Gasteiger partial charge in [0.05, 0.1) is 6.04 Å². The van der Waals surface area contributed by atoms with Crippen LogP contribution in [-0.2, 0) is 7.05 Å². The van der Waals surface area contributed by atoms with E-state index in [1.165, 1.54) is 22.9 Å². The van der Waals surface area contributed by atoms with Crippen LogP contribution in [0.5, 0.6) is 0 Å². The lowest BCUT2D eigenvalue weighted by Crippen LogP contribution is -2.53. The number of nitrogens with one attached hydrogen (secondary N) is 1. The molecule has 10 heteroatoms. The molecule has 26 heavy (non-hydrogen) atoms. The molecule has 0 saturated carbocycles. The van der Waals surface area contributed by atoms with Crippen LogP contribution in [-0.4, -0.2) is 68.1 Å². The molecule has 1 aliphatic rings. The topological polar surface area (TPSA) is 96.2 Å². The van der Waals surface area contributed by atoms with Crippen molar-refractivity contribution in [3.8, 4) is 0 Å². The van der Waals surface area contributed by atoms with Gasteiger partial charge in [0.2, 0.25) is 0 Å². The summed E-state index contributed by atoms with van der Waals surface area (Å²) in [5.74, 6) is -0.123. The molecule has 3 amide bonds. The van der Waals surface area contributed by atoms with E-state index in [2.05, 4.69) is 20.8 Å². The van der Waals surface area contributed by atoms with E-state index in [0.29, 0.717) is 37.6 Å². The third-order valence-electron chi connectivity index (χ3n) is 4.31. The molecule has 1 aromatic heterocycles. The highest BCUT2D eigenvalue weighted by Crippen LogP contribution is 2.12. The summed E-state index contributed by atoms with van der Waals surface area (Å²) in [7, 11) is 1.70. The van der Waals surface area contributed by atoms with Crippen LogP contribution in [0.3, 0.4) is 0 Å². The first-order valence-corrected chi connectivity index (χ1v) is 8.28. The zero-order chi connectivity index (χ0) is 18.7. The van der Waals surface area contributed by atoms with E-state index in [9.17, 15) is 14.0 Å². The number of hydrogen-bond acceptors (Lipinski definition) is 5. The number of aromatic nitrogens is 4. The number of urea groups is 1. The van der Waals surface area contributed by atoms with Gasteiger partial charge in [0.15, 0.2) is 5.82 Å². The van der Waals surface area contributed by atoms with Gasteiger partial charge in [-0.05, 0) is 35.5 Å². The standard InChI is InChI=1S/C16H20FN7O2/c1-11(14-19-20-21-22(14)2)18-16(26)24-8-6-23(7-9-24)15(25)12-4-3-5-13(17)10-12/h3-5,10-11H,6-9H2,1-2H3,(H,18,26)/t11-/m0/s1. The van der Waals surface area contributed by atoms with Gasteiger partial charge >= 0.3 is 6.03 Å². The molecule has 9 nitrogen and oxygen atoms in total. The molecule has 1 fully saturated rings. The van der Waals surface area contributed by atoms with Crippen molar-refractivity contribution in [1.29, 1.82) is 0 Å². The second kappa shape index (κ2) is 7.46. The second-order valence-corrected chi connectivity index (χ2v) is 6.12. The summed E-state index contributed by atoms with van der Waals surface area (Å²) in [6, 6.07) is 5.04. The van der Waals surface area contributed by atoms with Crippen molar-refractivity contribution in [2.75, 3.05) is 26.2 Å². The van der Waals surface area contributed by atoms with Crippen molar-refractivity contribution in [2.24, 2.45) is 7.05 Å². The van der Waals surface area contributed by atoms with Crippen LogP contribution < -0.4 is 5.32 Å². The minimum Gasteiger partial charge on any atom is -0.335 e. The molecular weight excluding hydrogens is 341 g/mol. The van der Waals surface area contributed by atoms with Crippen molar-refractivity contribution < 1.29 is 14.0 Å². The predicted molar refractivity (Wildman–Crippen MR) is 89.6 cm³/mol. The van der Waals surface area contributed by atoms with Gasteiger partial charge in [-0.2, -0.15) is 0 Å². The molecule has 1 aliphatic heterocycles. The molecule has 2 heterocycles. The Hall–Kier alpha value is -3.04. The first-order chi connectivity index (χ1) is 12.5. The van der Waals surface area contributed by atoms with E-state index in [4.69, 9.17) is 0 Å². The Morgan fingerprint density at radius 1 is 1.19 bits per heavy atom. The summed E-state index contributed by atoms with van der Waals surface area (Å²) in [6.45, 7) is 3.38. The van der Waals surface area contributed by atoms with Crippen LogP contribution in [0.15, 0.2) is 24.3 Å². The van der Waals surface area contributed by atoms with Gasteiger partial charge in [-0.1, -0.05) is 6.07 Å². The van der Waals surface area contributed by atoms with Gasteiger partial charge in [0.25, 0.3) is 5.91 Å². The SMILES string of the molecule is C[C@H](NC(=O)N1CCN(C(=O)c2cccc(F)c2)CC1)c1nnnn1C. The van der Waals surface area contributed by atoms with E-state index < -0.39 is 5.82 Å². The maximum absolute atomic E-state index is 13.3. The van der Waals surface area contributed by atoms with Crippen molar-refractivity contribution in [3.05, 3.63) is 41.5 Å². The molecule has 2 aromatic rings. The van der Waals surface area contributed by atoms with E-state index in [1.54, 1.807) is 29.8 Å². The molecule has 0 bridgehead atoms. The maximum atomic E-state index is 13.3. The fourth-order valence-corrected chi connectivity index (χ4v) is 2.86. The molecule has 138 valence electrons. The van der Waals surface area contributed by atoms with Gasteiger partial charge < -0.3 is 15.1 Å². The minimum atomic E-state index is -0.443. The number of carbonyl (C=O) groups is 2. The summed E-state index contributed by atoms with van der Waals surface area (Å²) < 4.78 is 14.8. The summed E-state index contributed by atoms with van der Waals surface area (Å²) >= 11 is 0. The van der Waals surface area contributed by atoms with E-state index in [-0.39, 0.29) is 18.0 Å². The number of halogens is 1. The number of hydrogen-bond donors (Lipinski definition) is 1. The van der Waals surface area contributed by atoms with Gasteiger partial charge in [0.1, 0.15) is 5.82 Å². The largest absolute Gasteiger partial charge is 0.335 e. The maximum Gasteiger partial charge on any atom is 0.318 e. The lowest BCUT2D eigenvalue weighted by Gasteiger charge is -2.35. The normalized spacial score (nSPS) is 15.7. The fraction of sp³-hybridized carbons (Fsp3) is 0.438. The van der Waals surface area contributed by atoms with E-state index in [1.807, 2.05) is 0 Å². The Labute approximate surface area is 149 Å². The van der Waals surface area contributed by atoms with Gasteiger partial charge in [0, 0.05) is 38.8 Å². The van der Waals surface area contributed by atoms with Crippen molar-refractivity contribution in [3.63, 3.8) is 0 Å². The fourth-order valence-electron chi connectivity index (χ4n) is 2.86. The smallest absolute Gasteiger partial charge is 0.318 e. The summed E-state index contributed by atoms with van der Waals surface area (Å²) in [5, 5.41) is 14.0. The number of tetrazole rings is 1. The molecule has 1 aromatic carbocycles. The third kappa shape index (κ3) is 3.79. The van der Waals surface area contributed by atoms with Gasteiger partial charge in [-0.25, -0.2) is 13.9 Å². The number of aryl methyl sites for hydroxylation is 1. The molecule has 0 spiro atoms. The van der Waals surface area contributed by atoms with E-state index in [0.717, 1.165) is 0 Å². The molecule has 0 aliphatic carbocycles. The predicted octanol–water partition coefficient (Wildman–Crippen LogP) is 0.578. The molecule has 0 unspecified atom stereocenters. The number of carbonyl (C=O) groups excluding carboxylic acids is 2. The summed E-state index contributed by atoms with van der Waals surface area (Å²) in [6.07, 6.45) is 0. The first kappa shape index (κ1) is 17.8. The molecular formula is C16H20FN7O2. The number of rotatable bonds is 3. The Bertz CT molecular complexity index is 801. The van der Waals surface area contributed by atoms with Crippen LogP contribution in [0.25, 0.3) is 0 Å². The highest BCUT2D eigenvalue weighted by molar-refractivity contribution is 5.94. The van der Waals surface area contributed by atoms with Gasteiger partial charge in [-0.3, -0.25) is 4.79 Å². The minimum absolute atomic E-state index is 0.233. The Morgan fingerprint density at radius 2 is 1.88 bits per heavy atom. The molecule has 1 N–H and O–H groups in total. The lowest BCUT2D eigenvalue weighted by atomic mass is 10.2. The number of piperazine rings is 1.